The number of likely N-dealkylation sites (tertiary alicyclic amines) is 2. The highest BCUT2D eigenvalue weighted by atomic mass is 19.1. The summed E-state index contributed by atoms with van der Waals surface area (Å²) in [5.74, 6) is 0.119. The van der Waals surface area contributed by atoms with Gasteiger partial charge in [0.1, 0.15) is 5.82 Å². The molecular formula is C24H29FN2O. The van der Waals surface area contributed by atoms with E-state index in [0.717, 1.165) is 50.9 Å². The molecule has 0 aromatic heterocycles. The maximum absolute atomic E-state index is 13.5. The number of amides is 1. The average molecular weight is 381 g/mol. The van der Waals surface area contributed by atoms with E-state index < -0.39 is 0 Å². The van der Waals surface area contributed by atoms with Crippen LogP contribution in [0.4, 0.5) is 4.39 Å². The summed E-state index contributed by atoms with van der Waals surface area (Å²) in [6.45, 7) is 5.53. The molecule has 2 heterocycles. The minimum atomic E-state index is -0.172. The molecule has 0 radical (unpaired) electrons. The first-order valence-electron chi connectivity index (χ1n) is 10.4. The Labute approximate surface area is 167 Å². The van der Waals surface area contributed by atoms with Gasteiger partial charge in [-0.2, -0.15) is 0 Å². The molecule has 1 amide bonds. The summed E-state index contributed by atoms with van der Waals surface area (Å²) < 4.78 is 13.5. The fraction of sp³-hybridized carbons (Fsp3) is 0.458. The molecular weight excluding hydrogens is 351 g/mol. The van der Waals surface area contributed by atoms with Crippen LogP contribution >= 0.6 is 0 Å². The first kappa shape index (κ1) is 19.1. The second-order valence-corrected chi connectivity index (χ2v) is 8.45. The summed E-state index contributed by atoms with van der Waals surface area (Å²) in [6, 6.07) is 15.4. The Morgan fingerprint density at radius 1 is 0.964 bits per heavy atom. The minimum absolute atomic E-state index is 0.0152. The van der Waals surface area contributed by atoms with Crippen LogP contribution in [0.2, 0.25) is 0 Å². The Kier molecular flexibility index (Phi) is 5.49. The van der Waals surface area contributed by atoms with Gasteiger partial charge in [-0.05, 0) is 62.4 Å². The monoisotopic (exact) mass is 380 g/mol. The van der Waals surface area contributed by atoms with Crippen LogP contribution < -0.4 is 0 Å². The SMILES string of the molecule is Cc1ccc(CN2C(=O)CC[C@@]23CCCN(Cc2cccc(F)c2)CC3)cc1. The fourth-order valence-corrected chi connectivity index (χ4v) is 4.81. The van der Waals surface area contributed by atoms with Crippen molar-refractivity contribution in [2.24, 2.45) is 0 Å². The maximum atomic E-state index is 13.5. The smallest absolute Gasteiger partial charge is 0.223 e. The topological polar surface area (TPSA) is 23.6 Å². The molecule has 2 aromatic carbocycles. The summed E-state index contributed by atoms with van der Waals surface area (Å²) in [4.78, 5) is 17.3. The number of nitrogens with zero attached hydrogens (tertiary/aromatic N) is 2. The molecule has 0 N–H and O–H groups in total. The molecule has 0 bridgehead atoms. The normalized spacial score (nSPS) is 23.4. The van der Waals surface area contributed by atoms with E-state index >= 15 is 0 Å². The molecule has 0 unspecified atom stereocenters. The lowest BCUT2D eigenvalue weighted by Gasteiger charge is -2.38. The van der Waals surface area contributed by atoms with Crippen molar-refractivity contribution in [3.8, 4) is 0 Å². The van der Waals surface area contributed by atoms with Crippen molar-refractivity contribution >= 4 is 5.91 Å². The summed E-state index contributed by atoms with van der Waals surface area (Å²) >= 11 is 0. The number of hydrogen-bond donors (Lipinski definition) is 0. The number of carbonyl (C=O) groups excluding carboxylic acids is 1. The lowest BCUT2D eigenvalue weighted by atomic mass is 9.87. The zero-order chi connectivity index (χ0) is 19.6. The Hall–Kier alpha value is -2.20. The molecule has 0 aliphatic carbocycles. The first-order valence-corrected chi connectivity index (χ1v) is 10.4. The van der Waals surface area contributed by atoms with Gasteiger partial charge in [0.15, 0.2) is 0 Å². The summed E-state index contributed by atoms with van der Waals surface area (Å²) in [7, 11) is 0. The zero-order valence-corrected chi connectivity index (χ0v) is 16.7. The third-order valence-electron chi connectivity index (χ3n) is 6.44. The van der Waals surface area contributed by atoms with E-state index in [1.807, 2.05) is 6.07 Å². The van der Waals surface area contributed by atoms with Crippen molar-refractivity contribution in [3.05, 3.63) is 71.0 Å². The van der Waals surface area contributed by atoms with Crippen molar-refractivity contribution in [1.82, 2.24) is 9.80 Å². The number of carbonyl (C=O) groups is 1. The molecule has 2 aliphatic rings. The van der Waals surface area contributed by atoms with Crippen LogP contribution in [0, 0.1) is 12.7 Å². The minimum Gasteiger partial charge on any atom is -0.333 e. The van der Waals surface area contributed by atoms with E-state index in [1.165, 1.54) is 17.2 Å². The zero-order valence-electron chi connectivity index (χ0n) is 16.7. The van der Waals surface area contributed by atoms with E-state index in [1.54, 1.807) is 12.1 Å². The van der Waals surface area contributed by atoms with Gasteiger partial charge in [0, 0.05) is 31.6 Å². The Morgan fingerprint density at radius 3 is 2.57 bits per heavy atom. The van der Waals surface area contributed by atoms with Crippen molar-refractivity contribution in [1.29, 1.82) is 0 Å². The highest BCUT2D eigenvalue weighted by molar-refractivity contribution is 5.79. The van der Waals surface area contributed by atoms with Gasteiger partial charge in [-0.25, -0.2) is 4.39 Å². The predicted molar refractivity (Wildman–Crippen MR) is 109 cm³/mol. The van der Waals surface area contributed by atoms with Crippen LogP contribution in [-0.2, 0) is 17.9 Å². The van der Waals surface area contributed by atoms with Crippen LogP contribution in [-0.4, -0.2) is 34.3 Å². The van der Waals surface area contributed by atoms with Crippen molar-refractivity contribution < 1.29 is 9.18 Å². The predicted octanol–water partition coefficient (Wildman–Crippen LogP) is 4.68. The van der Waals surface area contributed by atoms with Crippen LogP contribution in [0.25, 0.3) is 0 Å². The fourth-order valence-electron chi connectivity index (χ4n) is 4.81. The highest BCUT2D eigenvalue weighted by Crippen LogP contribution is 2.40. The molecule has 2 aromatic rings. The molecule has 1 atom stereocenters. The first-order chi connectivity index (χ1) is 13.5. The third kappa shape index (κ3) is 4.12. The van der Waals surface area contributed by atoms with Gasteiger partial charge in [0.25, 0.3) is 0 Å². The third-order valence-corrected chi connectivity index (χ3v) is 6.44. The summed E-state index contributed by atoms with van der Waals surface area (Å²) in [5.41, 5.74) is 3.46. The molecule has 1 spiro atoms. The molecule has 148 valence electrons. The van der Waals surface area contributed by atoms with Gasteiger partial charge in [0.05, 0.1) is 0 Å². The maximum Gasteiger partial charge on any atom is 0.223 e. The van der Waals surface area contributed by atoms with Crippen LogP contribution in [0.3, 0.4) is 0 Å². The standard InChI is InChI=1S/C24H29FN2O/c1-19-6-8-20(9-7-19)18-27-23(28)10-12-24(27)11-3-14-26(15-13-24)17-21-4-2-5-22(25)16-21/h2,4-9,16H,3,10-15,17-18H2,1H3/t24-/m1/s1. The number of aryl methyl sites for hydroxylation is 1. The van der Waals surface area contributed by atoms with E-state index in [-0.39, 0.29) is 11.4 Å². The average Bonchev–Trinajstić information content (AvgIpc) is 2.85. The van der Waals surface area contributed by atoms with Gasteiger partial charge >= 0.3 is 0 Å². The molecule has 2 fully saturated rings. The van der Waals surface area contributed by atoms with Crippen LogP contribution in [0.15, 0.2) is 48.5 Å². The van der Waals surface area contributed by atoms with Gasteiger partial charge < -0.3 is 4.90 Å². The second kappa shape index (κ2) is 8.04. The number of hydrogen-bond acceptors (Lipinski definition) is 2. The highest BCUT2D eigenvalue weighted by Gasteiger charge is 2.45. The molecule has 0 saturated carbocycles. The summed E-state index contributed by atoms with van der Waals surface area (Å²) in [5, 5.41) is 0. The molecule has 4 rings (SSSR count). The Bertz CT molecular complexity index is 835. The van der Waals surface area contributed by atoms with Crippen molar-refractivity contribution in [2.75, 3.05) is 13.1 Å². The molecule has 4 heteroatoms. The van der Waals surface area contributed by atoms with Gasteiger partial charge in [-0.3, -0.25) is 9.69 Å². The van der Waals surface area contributed by atoms with Gasteiger partial charge in [0.2, 0.25) is 5.91 Å². The number of benzene rings is 2. The van der Waals surface area contributed by atoms with E-state index in [2.05, 4.69) is 41.0 Å². The van der Waals surface area contributed by atoms with Crippen LogP contribution in [0.1, 0.15) is 48.8 Å². The Morgan fingerprint density at radius 2 is 1.79 bits per heavy atom. The second-order valence-electron chi connectivity index (χ2n) is 8.45. The molecule has 2 saturated heterocycles. The van der Waals surface area contributed by atoms with E-state index in [4.69, 9.17) is 0 Å². The van der Waals surface area contributed by atoms with Crippen molar-refractivity contribution in [3.63, 3.8) is 0 Å². The lowest BCUT2D eigenvalue weighted by molar-refractivity contribution is -0.132. The quantitative estimate of drug-likeness (QED) is 0.769. The van der Waals surface area contributed by atoms with Crippen molar-refractivity contribution in [2.45, 2.75) is 57.7 Å². The van der Waals surface area contributed by atoms with Gasteiger partial charge in [-0.1, -0.05) is 42.0 Å². The molecule has 28 heavy (non-hydrogen) atoms. The lowest BCUT2D eigenvalue weighted by Crippen LogP contribution is -2.45. The largest absolute Gasteiger partial charge is 0.333 e. The van der Waals surface area contributed by atoms with E-state index in [9.17, 15) is 9.18 Å². The van der Waals surface area contributed by atoms with Gasteiger partial charge in [-0.15, -0.1) is 0 Å². The molecule has 3 nitrogen and oxygen atoms in total. The Balaban J connectivity index is 1.46. The van der Waals surface area contributed by atoms with Crippen LogP contribution in [0.5, 0.6) is 0 Å². The number of halogens is 1. The molecule has 2 aliphatic heterocycles. The summed E-state index contributed by atoms with van der Waals surface area (Å²) in [6.07, 6.45) is 4.76. The number of rotatable bonds is 4. The van der Waals surface area contributed by atoms with E-state index in [0.29, 0.717) is 18.9 Å².